The normalized spacial score (nSPS) is 13.2. The van der Waals surface area contributed by atoms with Crippen molar-refractivity contribution >= 4 is 17.6 Å². The van der Waals surface area contributed by atoms with Gasteiger partial charge in [0.2, 0.25) is 5.96 Å². The van der Waals surface area contributed by atoms with Gasteiger partial charge in [-0.2, -0.15) is 18.4 Å². The lowest BCUT2D eigenvalue weighted by atomic mass is 9.92. The van der Waals surface area contributed by atoms with Crippen LogP contribution in [-0.4, -0.2) is 18.0 Å². The van der Waals surface area contributed by atoms with Crippen molar-refractivity contribution in [2.24, 2.45) is 10.4 Å². The molecule has 30 heavy (non-hydrogen) atoms. The van der Waals surface area contributed by atoms with E-state index in [1.54, 1.807) is 36.5 Å². The molecule has 6 nitrogen and oxygen atoms in total. The summed E-state index contributed by atoms with van der Waals surface area (Å²) < 4.78 is 38.9. The van der Waals surface area contributed by atoms with Gasteiger partial charge in [0, 0.05) is 16.7 Å². The second-order valence-electron chi connectivity index (χ2n) is 7.53. The molecule has 2 aromatic carbocycles. The van der Waals surface area contributed by atoms with Crippen LogP contribution in [0.5, 0.6) is 0 Å². The van der Waals surface area contributed by atoms with Crippen LogP contribution in [0.3, 0.4) is 0 Å². The predicted octanol–water partition coefficient (Wildman–Crippen LogP) is 4.35. The fraction of sp³-hybridized carbons (Fsp3) is 0.286. The van der Waals surface area contributed by atoms with Crippen LogP contribution >= 0.6 is 0 Å². The van der Waals surface area contributed by atoms with Crippen LogP contribution in [-0.2, 0) is 6.18 Å². The Morgan fingerprint density at radius 2 is 1.73 bits per heavy atom. The number of benzene rings is 2. The lowest BCUT2D eigenvalue weighted by Crippen LogP contribution is -2.44. The number of anilines is 1. The van der Waals surface area contributed by atoms with E-state index in [0.29, 0.717) is 5.56 Å². The molecule has 0 saturated heterocycles. The fourth-order valence-electron chi connectivity index (χ4n) is 2.43. The van der Waals surface area contributed by atoms with E-state index in [-0.39, 0.29) is 17.6 Å². The summed E-state index contributed by atoms with van der Waals surface area (Å²) in [5.74, 6) is -0.459. The number of nitrogens with one attached hydrogen (secondary N) is 3. The number of guanidine groups is 1. The average Bonchev–Trinajstić information content (AvgIpc) is 2.67. The summed E-state index contributed by atoms with van der Waals surface area (Å²) in [6, 6.07) is 13.0. The first-order chi connectivity index (χ1) is 14.0. The molecule has 2 aromatic rings. The van der Waals surface area contributed by atoms with Gasteiger partial charge in [0.15, 0.2) is 6.19 Å². The first-order valence-corrected chi connectivity index (χ1v) is 9.04. The monoisotopic (exact) mass is 417 g/mol. The van der Waals surface area contributed by atoms with Gasteiger partial charge in [0.1, 0.15) is 6.17 Å². The highest BCUT2D eigenvalue weighted by Crippen LogP contribution is 2.30. The Balaban J connectivity index is 2.31. The SMILES string of the molecule is CC(C)(C)C(N=C(NC#N)Nc1cccc(C(F)(F)F)c1)NC(=O)c1ccccc1. The van der Waals surface area contributed by atoms with Crippen molar-refractivity contribution in [2.45, 2.75) is 33.1 Å². The van der Waals surface area contributed by atoms with Crippen molar-refractivity contribution in [3.63, 3.8) is 0 Å². The summed E-state index contributed by atoms with van der Waals surface area (Å²) in [7, 11) is 0. The molecule has 1 unspecified atom stereocenters. The summed E-state index contributed by atoms with van der Waals surface area (Å²) in [6.45, 7) is 5.50. The highest BCUT2D eigenvalue weighted by molar-refractivity contribution is 5.96. The standard InChI is InChI=1S/C21H22F3N5O/c1-20(2,3)18(28-17(30)14-8-5-4-6-9-14)29-19(26-13-25)27-16-11-7-10-15(12-16)21(22,23)24/h4-12,18H,1-3H3,(H,28,30)(H2,26,27,29). The van der Waals surface area contributed by atoms with Crippen LogP contribution in [0.1, 0.15) is 36.7 Å². The molecule has 0 aliphatic heterocycles. The second kappa shape index (κ2) is 9.31. The molecule has 0 saturated carbocycles. The molecule has 3 N–H and O–H groups in total. The van der Waals surface area contributed by atoms with Crippen molar-refractivity contribution in [1.29, 1.82) is 5.26 Å². The minimum absolute atomic E-state index is 0.0911. The predicted molar refractivity (Wildman–Crippen MR) is 108 cm³/mol. The van der Waals surface area contributed by atoms with Gasteiger partial charge < -0.3 is 10.6 Å². The van der Waals surface area contributed by atoms with Crippen LogP contribution < -0.4 is 16.0 Å². The second-order valence-corrected chi connectivity index (χ2v) is 7.53. The molecule has 1 atom stereocenters. The van der Waals surface area contributed by atoms with Gasteiger partial charge in [-0.3, -0.25) is 10.1 Å². The first-order valence-electron chi connectivity index (χ1n) is 9.04. The number of alkyl halides is 3. The number of nitriles is 1. The third kappa shape index (κ3) is 6.51. The van der Waals surface area contributed by atoms with Crippen molar-refractivity contribution in [1.82, 2.24) is 10.6 Å². The molecule has 0 spiro atoms. The van der Waals surface area contributed by atoms with E-state index >= 15 is 0 Å². The van der Waals surface area contributed by atoms with Crippen molar-refractivity contribution in [3.05, 3.63) is 65.7 Å². The molecule has 0 aliphatic rings. The molecule has 9 heteroatoms. The Labute approximate surface area is 172 Å². The van der Waals surface area contributed by atoms with Crippen molar-refractivity contribution in [2.75, 3.05) is 5.32 Å². The minimum atomic E-state index is -4.50. The molecule has 1 amide bonds. The van der Waals surface area contributed by atoms with Gasteiger partial charge in [-0.05, 0) is 30.3 Å². The summed E-state index contributed by atoms with van der Waals surface area (Å²) in [5, 5.41) is 16.8. The fourth-order valence-corrected chi connectivity index (χ4v) is 2.43. The molecule has 0 aliphatic carbocycles. The number of aliphatic imine (C=N–C) groups is 1. The van der Waals surface area contributed by atoms with Crippen LogP contribution in [0, 0.1) is 16.9 Å². The van der Waals surface area contributed by atoms with Crippen LogP contribution in [0.15, 0.2) is 59.6 Å². The molecule has 0 fully saturated rings. The summed E-state index contributed by atoms with van der Waals surface area (Å²) >= 11 is 0. The maximum absolute atomic E-state index is 13.0. The van der Waals surface area contributed by atoms with E-state index in [4.69, 9.17) is 5.26 Å². The van der Waals surface area contributed by atoms with E-state index < -0.39 is 23.3 Å². The maximum atomic E-state index is 13.0. The summed E-state index contributed by atoms with van der Waals surface area (Å²) in [4.78, 5) is 16.9. The van der Waals surface area contributed by atoms with Crippen LogP contribution in [0.25, 0.3) is 0 Å². The van der Waals surface area contributed by atoms with Gasteiger partial charge in [0.05, 0.1) is 5.56 Å². The lowest BCUT2D eigenvalue weighted by Gasteiger charge is -2.29. The maximum Gasteiger partial charge on any atom is 0.416 e. The summed E-state index contributed by atoms with van der Waals surface area (Å²) in [5.41, 5.74) is -0.869. The zero-order valence-corrected chi connectivity index (χ0v) is 16.7. The largest absolute Gasteiger partial charge is 0.416 e. The van der Waals surface area contributed by atoms with E-state index in [1.165, 1.54) is 12.1 Å². The van der Waals surface area contributed by atoms with Gasteiger partial charge in [0.25, 0.3) is 5.91 Å². The average molecular weight is 417 g/mol. The van der Waals surface area contributed by atoms with Crippen LogP contribution in [0.4, 0.5) is 18.9 Å². The third-order valence-electron chi connectivity index (χ3n) is 4.01. The smallest absolute Gasteiger partial charge is 0.330 e. The third-order valence-corrected chi connectivity index (χ3v) is 4.01. The Kier molecular flexibility index (Phi) is 7.06. The van der Waals surface area contributed by atoms with Gasteiger partial charge >= 0.3 is 6.18 Å². The number of carbonyl (C=O) groups is 1. The molecular formula is C21H22F3N5O. The number of nitrogens with zero attached hydrogens (tertiary/aromatic N) is 2. The zero-order chi connectivity index (χ0) is 22.4. The molecule has 2 rings (SSSR count). The lowest BCUT2D eigenvalue weighted by molar-refractivity contribution is -0.137. The minimum Gasteiger partial charge on any atom is -0.330 e. The number of hydrogen-bond donors (Lipinski definition) is 3. The quantitative estimate of drug-likeness (QED) is 0.299. The van der Waals surface area contributed by atoms with E-state index in [9.17, 15) is 18.0 Å². The molecule has 0 bridgehead atoms. The van der Waals surface area contributed by atoms with E-state index in [1.807, 2.05) is 20.8 Å². The number of rotatable bonds is 4. The topological polar surface area (TPSA) is 89.3 Å². The van der Waals surface area contributed by atoms with Crippen molar-refractivity contribution in [3.8, 4) is 6.19 Å². The Morgan fingerprint density at radius 1 is 1.07 bits per heavy atom. The Morgan fingerprint density at radius 3 is 2.30 bits per heavy atom. The molecule has 0 aromatic heterocycles. The Hall–Kier alpha value is -3.54. The van der Waals surface area contributed by atoms with Crippen molar-refractivity contribution < 1.29 is 18.0 Å². The number of hydrogen-bond acceptors (Lipinski definition) is 3. The van der Waals surface area contributed by atoms with E-state index in [2.05, 4.69) is 20.9 Å². The summed E-state index contributed by atoms with van der Waals surface area (Å²) in [6.07, 6.45) is -3.59. The van der Waals surface area contributed by atoms with Gasteiger partial charge in [-0.1, -0.05) is 45.0 Å². The first kappa shape index (κ1) is 22.7. The number of carbonyl (C=O) groups excluding carboxylic acids is 1. The highest BCUT2D eigenvalue weighted by Gasteiger charge is 2.31. The molecule has 158 valence electrons. The van der Waals surface area contributed by atoms with Gasteiger partial charge in [-0.15, -0.1) is 0 Å². The molecule has 0 radical (unpaired) electrons. The Bertz CT molecular complexity index is 944. The number of halogens is 3. The highest BCUT2D eigenvalue weighted by atomic mass is 19.4. The van der Waals surface area contributed by atoms with Crippen LogP contribution in [0.2, 0.25) is 0 Å². The zero-order valence-electron chi connectivity index (χ0n) is 16.7. The molecule has 0 heterocycles. The number of amides is 1. The molecular weight excluding hydrogens is 395 g/mol. The van der Waals surface area contributed by atoms with Gasteiger partial charge in [-0.25, -0.2) is 4.99 Å². The van der Waals surface area contributed by atoms with E-state index in [0.717, 1.165) is 12.1 Å².